The number of fused-ring (bicyclic) bond motifs is 1. The Morgan fingerprint density at radius 2 is 2.12 bits per heavy atom. The first-order chi connectivity index (χ1) is 7.68. The number of amides is 1. The fraction of sp³-hybridized carbons (Fsp3) is 0.364. The Labute approximate surface area is 94.5 Å². The SMILES string of the molecule is CC.CC(=O)Nc1ccnc2c(C)cnn12. The Morgan fingerprint density at radius 1 is 1.44 bits per heavy atom. The molecule has 5 heteroatoms. The third-order valence-corrected chi connectivity index (χ3v) is 1.88. The van der Waals surface area contributed by atoms with Crippen molar-refractivity contribution in [1.29, 1.82) is 0 Å². The summed E-state index contributed by atoms with van der Waals surface area (Å²) < 4.78 is 1.61. The quantitative estimate of drug-likeness (QED) is 0.799. The molecule has 0 unspecified atom stereocenters. The number of anilines is 1. The molecule has 0 atom stereocenters. The monoisotopic (exact) mass is 220 g/mol. The van der Waals surface area contributed by atoms with E-state index >= 15 is 0 Å². The molecule has 16 heavy (non-hydrogen) atoms. The van der Waals surface area contributed by atoms with Crippen LogP contribution >= 0.6 is 0 Å². The molecule has 0 bridgehead atoms. The topological polar surface area (TPSA) is 59.3 Å². The van der Waals surface area contributed by atoms with Gasteiger partial charge in [-0.3, -0.25) is 4.79 Å². The van der Waals surface area contributed by atoms with Gasteiger partial charge < -0.3 is 5.32 Å². The van der Waals surface area contributed by atoms with Crippen molar-refractivity contribution in [3.63, 3.8) is 0 Å². The van der Waals surface area contributed by atoms with Gasteiger partial charge in [-0.25, -0.2) is 4.98 Å². The van der Waals surface area contributed by atoms with E-state index in [0.717, 1.165) is 11.2 Å². The van der Waals surface area contributed by atoms with E-state index in [9.17, 15) is 4.79 Å². The van der Waals surface area contributed by atoms with Gasteiger partial charge >= 0.3 is 0 Å². The second-order valence-electron chi connectivity index (χ2n) is 3.07. The highest BCUT2D eigenvalue weighted by atomic mass is 16.1. The predicted octanol–water partition coefficient (Wildman–Crippen LogP) is 2.02. The van der Waals surface area contributed by atoms with Crippen LogP contribution < -0.4 is 5.32 Å². The number of carbonyl (C=O) groups is 1. The van der Waals surface area contributed by atoms with Gasteiger partial charge in [0.25, 0.3) is 0 Å². The number of aryl methyl sites for hydroxylation is 1. The number of aromatic nitrogens is 3. The van der Waals surface area contributed by atoms with Gasteiger partial charge in [0, 0.05) is 18.7 Å². The minimum atomic E-state index is -0.120. The molecular weight excluding hydrogens is 204 g/mol. The summed E-state index contributed by atoms with van der Waals surface area (Å²) in [5, 5.41) is 6.79. The summed E-state index contributed by atoms with van der Waals surface area (Å²) in [5.41, 5.74) is 1.74. The summed E-state index contributed by atoms with van der Waals surface area (Å²) >= 11 is 0. The minimum Gasteiger partial charge on any atom is -0.311 e. The molecule has 2 aromatic heterocycles. The van der Waals surface area contributed by atoms with E-state index in [1.165, 1.54) is 6.92 Å². The molecule has 0 aliphatic carbocycles. The molecule has 0 radical (unpaired) electrons. The summed E-state index contributed by atoms with van der Waals surface area (Å²) in [7, 11) is 0. The zero-order valence-corrected chi connectivity index (χ0v) is 9.98. The molecule has 0 aromatic carbocycles. The Hall–Kier alpha value is -1.91. The van der Waals surface area contributed by atoms with Crippen LogP contribution in [-0.2, 0) is 4.79 Å². The highest BCUT2D eigenvalue weighted by Crippen LogP contribution is 2.11. The van der Waals surface area contributed by atoms with Gasteiger partial charge in [0.2, 0.25) is 5.91 Å². The van der Waals surface area contributed by atoms with Crippen LogP contribution in [0.25, 0.3) is 5.65 Å². The molecule has 86 valence electrons. The minimum absolute atomic E-state index is 0.120. The molecule has 2 aromatic rings. The summed E-state index contributed by atoms with van der Waals surface area (Å²) in [4.78, 5) is 15.0. The first-order valence-corrected chi connectivity index (χ1v) is 5.25. The van der Waals surface area contributed by atoms with Crippen LogP contribution in [-0.4, -0.2) is 20.5 Å². The van der Waals surface area contributed by atoms with Gasteiger partial charge in [-0.05, 0) is 13.0 Å². The first kappa shape index (κ1) is 12.2. The highest BCUT2D eigenvalue weighted by Gasteiger charge is 2.05. The van der Waals surface area contributed by atoms with Crippen molar-refractivity contribution in [2.45, 2.75) is 27.7 Å². The molecular formula is C11H16N4O. The van der Waals surface area contributed by atoms with Crippen molar-refractivity contribution in [3.8, 4) is 0 Å². The number of rotatable bonds is 1. The van der Waals surface area contributed by atoms with Crippen LogP contribution in [0.1, 0.15) is 26.3 Å². The molecule has 0 saturated carbocycles. The van der Waals surface area contributed by atoms with Crippen molar-refractivity contribution in [2.24, 2.45) is 0 Å². The lowest BCUT2D eigenvalue weighted by atomic mass is 10.4. The molecule has 1 N–H and O–H groups in total. The van der Waals surface area contributed by atoms with Gasteiger partial charge in [0.05, 0.1) is 6.20 Å². The van der Waals surface area contributed by atoms with E-state index in [2.05, 4.69) is 15.4 Å². The Balaban J connectivity index is 0.000000606. The van der Waals surface area contributed by atoms with Crippen LogP contribution in [0.15, 0.2) is 18.5 Å². The van der Waals surface area contributed by atoms with Crippen molar-refractivity contribution in [2.75, 3.05) is 5.32 Å². The van der Waals surface area contributed by atoms with Crippen molar-refractivity contribution in [1.82, 2.24) is 14.6 Å². The number of nitrogens with one attached hydrogen (secondary N) is 1. The number of hydrogen-bond acceptors (Lipinski definition) is 3. The smallest absolute Gasteiger partial charge is 0.222 e. The van der Waals surface area contributed by atoms with Crippen LogP contribution in [0.5, 0.6) is 0 Å². The summed E-state index contributed by atoms with van der Waals surface area (Å²) in [6.45, 7) is 7.38. The maximum atomic E-state index is 10.9. The highest BCUT2D eigenvalue weighted by molar-refractivity contribution is 5.87. The lowest BCUT2D eigenvalue weighted by Gasteiger charge is -2.03. The van der Waals surface area contributed by atoms with Crippen molar-refractivity contribution >= 4 is 17.4 Å². The standard InChI is InChI=1S/C9H10N4O.C2H6/c1-6-5-11-13-8(12-7(2)14)3-4-10-9(6)13;1-2/h3-5H,1-2H3,(H,12,14);1-2H3. The molecule has 0 aliphatic rings. The number of nitrogens with zero attached hydrogens (tertiary/aromatic N) is 3. The van der Waals surface area contributed by atoms with E-state index < -0.39 is 0 Å². The van der Waals surface area contributed by atoms with E-state index in [1.807, 2.05) is 20.8 Å². The first-order valence-electron chi connectivity index (χ1n) is 5.25. The third-order valence-electron chi connectivity index (χ3n) is 1.88. The lowest BCUT2D eigenvalue weighted by molar-refractivity contribution is -0.114. The zero-order chi connectivity index (χ0) is 12.1. The molecule has 0 saturated heterocycles. The van der Waals surface area contributed by atoms with E-state index in [-0.39, 0.29) is 5.91 Å². The molecule has 2 heterocycles. The van der Waals surface area contributed by atoms with Gasteiger partial charge in [-0.15, -0.1) is 0 Å². The maximum Gasteiger partial charge on any atom is 0.222 e. The van der Waals surface area contributed by atoms with Crippen molar-refractivity contribution < 1.29 is 4.79 Å². The normalized spacial score (nSPS) is 9.50. The largest absolute Gasteiger partial charge is 0.311 e. The average molecular weight is 220 g/mol. The summed E-state index contributed by atoms with van der Waals surface area (Å²) in [6.07, 6.45) is 3.36. The fourth-order valence-corrected chi connectivity index (χ4v) is 1.28. The molecule has 0 aliphatic heterocycles. The lowest BCUT2D eigenvalue weighted by Crippen LogP contribution is -2.10. The van der Waals surface area contributed by atoms with Gasteiger partial charge in [-0.1, -0.05) is 13.8 Å². The number of hydrogen-bond donors (Lipinski definition) is 1. The number of carbonyl (C=O) groups excluding carboxylic acids is 1. The molecule has 5 nitrogen and oxygen atoms in total. The van der Waals surface area contributed by atoms with Crippen LogP contribution in [0, 0.1) is 6.92 Å². The summed E-state index contributed by atoms with van der Waals surface area (Å²) in [5.74, 6) is 0.515. The van der Waals surface area contributed by atoms with Crippen molar-refractivity contribution in [3.05, 3.63) is 24.0 Å². The van der Waals surface area contributed by atoms with Gasteiger partial charge in [0.1, 0.15) is 5.82 Å². The summed E-state index contributed by atoms with van der Waals surface area (Å²) in [6, 6.07) is 1.71. The second kappa shape index (κ2) is 5.25. The Morgan fingerprint density at radius 3 is 2.75 bits per heavy atom. The Kier molecular flexibility index (Phi) is 3.99. The van der Waals surface area contributed by atoms with Gasteiger partial charge in [-0.2, -0.15) is 9.61 Å². The van der Waals surface area contributed by atoms with E-state index in [4.69, 9.17) is 0 Å². The molecule has 2 rings (SSSR count). The Bertz CT molecular complexity index is 490. The third kappa shape index (κ3) is 2.36. The average Bonchev–Trinajstić information content (AvgIpc) is 2.64. The maximum absolute atomic E-state index is 10.9. The molecule has 1 amide bonds. The van der Waals surface area contributed by atoms with Crippen LogP contribution in [0.2, 0.25) is 0 Å². The second-order valence-corrected chi connectivity index (χ2v) is 3.07. The van der Waals surface area contributed by atoms with Crippen LogP contribution in [0.4, 0.5) is 5.82 Å². The van der Waals surface area contributed by atoms with E-state index in [1.54, 1.807) is 23.0 Å². The van der Waals surface area contributed by atoms with Gasteiger partial charge in [0.15, 0.2) is 5.65 Å². The zero-order valence-electron chi connectivity index (χ0n) is 9.98. The molecule has 0 fully saturated rings. The predicted molar refractivity (Wildman–Crippen MR) is 63.4 cm³/mol. The van der Waals surface area contributed by atoms with Crippen LogP contribution in [0.3, 0.4) is 0 Å². The molecule has 0 spiro atoms. The van der Waals surface area contributed by atoms with E-state index in [0.29, 0.717) is 5.82 Å². The fourth-order valence-electron chi connectivity index (χ4n) is 1.28.